The highest BCUT2D eigenvalue weighted by Crippen LogP contribution is 2.43. The van der Waals surface area contributed by atoms with Crippen molar-refractivity contribution in [3.05, 3.63) is 41.3 Å². The summed E-state index contributed by atoms with van der Waals surface area (Å²) in [4.78, 5) is 4.15. The van der Waals surface area contributed by atoms with Crippen molar-refractivity contribution in [3.8, 4) is 11.5 Å². The van der Waals surface area contributed by atoms with Crippen LogP contribution in [0.4, 0.5) is 13.2 Å². The minimum atomic E-state index is -4.36. The maximum atomic E-state index is 12.5. The Hall–Kier alpha value is -1.82. The van der Waals surface area contributed by atoms with Gasteiger partial charge >= 0.3 is 6.18 Å². The quantitative estimate of drug-likeness (QED) is 0.933. The average molecular weight is 283 g/mol. The lowest BCUT2D eigenvalue weighted by molar-refractivity contribution is -0.137. The number of hydrogen-bond donors (Lipinski definition) is 1. The highest BCUT2D eigenvalue weighted by molar-refractivity contribution is 5.54. The number of nitrogens with zero attached hydrogens (tertiary/aromatic N) is 1. The molecule has 0 amide bonds. The summed E-state index contributed by atoms with van der Waals surface area (Å²) in [5.74, 6) is 1.19. The van der Waals surface area contributed by atoms with Gasteiger partial charge in [0.2, 0.25) is 5.89 Å². The average Bonchev–Trinajstić information content (AvgIpc) is 3.17. The zero-order valence-electron chi connectivity index (χ0n) is 10.4. The second-order valence-electron chi connectivity index (χ2n) is 4.84. The highest BCUT2D eigenvalue weighted by Gasteiger charge is 2.32. The monoisotopic (exact) mass is 283 g/mol. The van der Waals surface area contributed by atoms with Crippen LogP contribution in [0.15, 0.2) is 28.7 Å². The number of benzene rings is 1. The number of aromatic nitrogens is 1. The van der Waals surface area contributed by atoms with Crippen LogP contribution in [-0.2, 0) is 12.8 Å². The van der Waals surface area contributed by atoms with Gasteiger partial charge in [0.05, 0.1) is 12.2 Å². The van der Waals surface area contributed by atoms with E-state index in [9.17, 15) is 18.3 Å². The number of halogens is 3. The SMILES string of the molecule is OCc1nc(-c2ccc(C(F)(F)F)cc2)oc1C1CC1. The first-order valence-electron chi connectivity index (χ1n) is 6.27. The molecule has 0 bridgehead atoms. The molecule has 1 fully saturated rings. The molecule has 20 heavy (non-hydrogen) atoms. The van der Waals surface area contributed by atoms with Crippen LogP contribution in [0.2, 0.25) is 0 Å². The van der Waals surface area contributed by atoms with Crippen LogP contribution in [0.5, 0.6) is 0 Å². The Kier molecular flexibility index (Phi) is 3.05. The van der Waals surface area contributed by atoms with E-state index in [4.69, 9.17) is 4.42 Å². The molecular weight excluding hydrogens is 271 g/mol. The third kappa shape index (κ3) is 2.43. The predicted octanol–water partition coefficient (Wildman–Crippen LogP) is 3.73. The standard InChI is InChI=1S/C14H12F3NO2/c15-14(16,17)10-5-3-9(4-6-10)13-18-11(7-19)12(20-13)8-1-2-8/h3-6,8,19H,1-2,7H2. The number of oxazole rings is 1. The van der Waals surface area contributed by atoms with Crippen LogP contribution < -0.4 is 0 Å². The van der Waals surface area contributed by atoms with E-state index < -0.39 is 11.7 Å². The first kappa shape index (κ1) is 13.2. The molecule has 0 saturated heterocycles. The summed E-state index contributed by atoms with van der Waals surface area (Å²) in [7, 11) is 0. The van der Waals surface area contributed by atoms with Gasteiger partial charge in [0.1, 0.15) is 11.5 Å². The van der Waals surface area contributed by atoms with Gasteiger partial charge in [0.25, 0.3) is 0 Å². The third-order valence-electron chi connectivity index (χ3n) is 3.28. The van der Waals surface area contributed by atoms with Gasteiger partial charge < -0.3 is 9.52 Å². The number of aliphatic hydroxyl groups excluding tert-OH is 1. The normalized spacial score (nSPS) is 15.6. The fraction of sp³-hybridized carbons (Fsp3) is 0.357. The molecule has 0 aliphatic heterocycles. The van der Waals surface area contributed by atoms with Gasteiger partial charge in [0.15, 0.2) is 0 Å². The van der Waals surface area contributed by atoms with Crippen LogP contribution in [0, 0.1) is 0 Å². The highest BCUT2D eigenvalue weighted by atomic mass is 19.4. The summed E-state index contributed by atoms with van der Waals surface area (Å²) in [5, 5.41) is 9.23. The lowest BCUT2D eigenvalue weighted by Crippen LogP contribution is -2.03. The van der Waals surface area contributed by atoms with Gasteiger partial charge in [-0.2, -0.15) is 13.2 Å². The third-order valence-corrected chi connectivity index (χ3v) is 3.28. The van der Waals surface area contributed by atoms with Crippen LogP contribution in [0.3, 0.4) is 0 Å². The Labute approximate surface area is 113 Å². The summed E-state index contributed by atoms with van der Waals surface area (Å²) >= 11 is 0. The molecule has 0 unspecified atom stereocenters. The largest absolute Gasteiger partial charge is 0.440 e. The number of alkyl halides is 3. The Morgan fingerprint density at radius 3 is 2.35 bits per heavy atom. The Morgan fingerprint density at radius 2 is 1.85 bits per heavy atom. The summed E-state index contributed by atoms with van der Waals surface area (Å²) < 4.78 is 43.0. The molecule has 3 rings (SSSR count). The fourth-order valence-corrected chi connectivity index (χ4v) is 2.07. The first-order valence-corrected chi connectivity index (χ1v) is 6.27. The zero-order valence-corrected chi connectivity index (χ0v) is 10.4. The smallest absolute Gasteiger partial charge is 0.416 e. The second kappa shape index (κ2) is 4.63. The summed E-state index contributed by atoms with van der Waals surface area (Å²) in [6.07, 6.45) is -2.37. The lowest BCUT2D eigenvalue weighted by atomic mass is 10.1. The molecule has 0 radical (unpaired) electrons. The van der Waals surface area contributed by atoms with Gasteiger partial charge in [-0.15, -0.1) is 0 Å². The molecule has 3 nitrogen and oxygen atoms in total. The molecule has 0 atom stereocenters. The topological polar surface area (TPSA) is 46.3 Å². The van der Waals surface area contributed by atoms with Crippen molar-refractivity contribution in [2.45, 2.75) is 31.5 Å². The van der Waals surface area contributed by atoms with Crippen molar-refractivity contribution in [3.63, 3.8) is 0 Å². The Balaban J connectivity index is 1.93. The van der Waals surface area contributed by atoms with E-state index in [1.165, 1.54) is 12.1 Å². The molecule has 1 heterocycles. The first-order chi connectivity index (χ1) is 9.49. The molecule has 0 spiro atoms. The zero-order chi connectivity index (χ0) is 14.3. The fourth-order valence-electron chi connectivity index (χ4n) is 2.07. The van der Waals surface area contributed by atoms with Crippen molar-refractivity contribution in [1.29, 1.82) is 0 Å². The lowest BCUT2D eigenvalue weighted by Gasteiger charge is -2.06. The van der Waals surface area contributed by atoms with E-state index in [0.29, 0.717) is 17.0 Å². The van der Waals surface area contributed by atoms with Crippen LogP contribution in [-0.4, -0.2) is 10.1 Å². The summed E-state index contributed by atoms with van der Waals surface area (Å²) in [5.41, 5.74) is 0.236. The van der Waals surface area contributed by atoms with E-state index in [-0.39, 0.29) is 18.4 Å². The van der Waals surface area contributed by atoms with E-state index in [1.807, 2.05) is 0 Å². The van der Waals surface area contributed by atoms with Gasteiger partial charge in [-0.05, 0) is 37.1 Å². The van der Waals surface area contributed by atoms with Crippen molar-refractivity contribution in [1.82, 2.24) is 4.98 Å². The van der Waals surface area contributed by atoms with Gasteiger partial charge in [-0.1, -0.05) is 0 Å². The van der Waals surface area contributed by atoms with Crippen molar-refractivity contribution in [2.75, 3.05) is 0 Å². The molecule has 2 aromatic rings. The maximum Gasteiger partial charge on any atom is 0.416 e. The van der Waals surface area contributed by atoms with Crippen molar-refractivity contribution < 1.29 is 22.7 Å². The minimum Gasteiger partial charge on any atom is -0.440 e. The van der Waals surface area contributed by atoms with Gasteiger partial charge in [0, 0.05) is 11.5 Å². The van der Waals surface area contributed by atoms with E-state index >= 15 is 0 Å². The number of rotatable bonds is 3. The summed E-state index contributed by atoms with van der Waals surface area (Å²) in [6.45, 7) is -0.226. The van der Waals surface area contributed by atoms with Gasteiger partial charge in [-0.3, -0.25) is 0 Å². The number of hydrogen-bond acceptors (Lipinski definition) is 3. The van der Waals surface area contributed by atoms with E-state index in [0.717, 1.165) is 25.0 Å². The second-order valence-corrected chi connectivity index (χ2v) is 4.84. The van der Waals surface area contributed by atoms with Crippen LogP contribution in [0.1, 0.15) is 35.8 Å². The summed E-state index contributed by atoms with van der Waals surface area (Å²) in [6, 6.07) is 4.64. The Bertz CT molecular complexity index is 612. The minimum absolute atomic E-state index is 0.226. The molecule has 1 aromatic carbocycles. The maximum absolute atomic E-state index is 12.5. The van der Waals surface area contributed by atoms with Gasteiger partial charge in [-0.25, -0.2) is 4.98 Å². The molecule has 1 aromatic heterocycles. The molecule has 6 heteroatoms. The van der Waals surface area contributed by atoms with Crippen LogP contribution in [0.25, 0.3) is 11.5 Å². The molecule has 1 saturated carbocycles. The predicted molar refractivity (Wildman–Crippen MR) is 64.8 cm³/mol. The van der Waals surface area contributed by atoms with E-state index in [1.54, 1.807) is 0 Å². The van der Waals surface area contributed by atoms with Crippen molar-refractivity contribution in [2.24, 2.45) is 0 Å². The van der Waals surface area contributed by atoms with E-state index in [2.05, 4.69) is 4.98 Å². The molecule has 1 aliphatic carbocycles. The molecule has 106 valence electrons. The molecule has 1 N–H and O–H groups in total. The number of aliphatic hydroxyl groups is 1. The Morgan fingerprint density at radius 1 is 1.20 bits per heavy atom. The van der Waals surface area contributed by atoms with Crippen molar-refractivity contribution >= 4 is 0 Å². The van der Waals surface area contributed by atoms with Crippen LogP contribution >= 0.6 is 0 Å². The molecular formula is C14H12F3NO2. The molecule has 1 aliphatic rings.